The number of carbonyl (C=O) groups excluding carboxylic acids is 1. The Morgan fingerprint density at radius 2 is 0.614 bits per heavy atom. The van der Waals surface area contributed by atoms with Crippen molar-refractivity contribution in [3.63, 3.8) is 0 Å². The smallest absolute Gasteiger partial charge is 0.222 e. The number of nitrogens with one attached hydrogen (secondary N) is 1. The van der Waals surface area contributed by atoms with Gasteiger partial charge in [-0.05, 0) is 44.9 Å². The molecular weight excluding hydrogens is 859 g/mol. The van der Waals surface area contributed by atoms with Gasteiger partial charge in [-0.1, -0.05) is 334 Å². The quantitative estimate of drug-likeness (QED) is 0.0361. The lowest BCUT2D eigenvalue weighted by molar-refractivity contribution is -0.125. The fraction of sp³-hybridized carbons (Fsp3) is 0.923. The predicted octanol–water partition coefficient (Wildman–Crippen LogP) is 20.4. The van der Waals surface area contributed by atoms with Gasteiger partial charge >= 0.3 is 0 Å². The van der Waals surface area contributed by atoms with E-state index in [-0.39, 0.29) is 18.9 Å². The molecule has 0 aromatic rings. The van der Waals surface area contributed by atoms with E-state index in [9.17, 15) is 20.1 Å². The van der Waals surface area contributed by atoms with Crippen molar-refractivity contribution < 1.29 is 20.1 Å². The van der Waals surface area contributed by atoms with Crippen LogP contribution in [0.1, 0.15) is 361 Å². The summed E-state index contributed by atoms with van der Waals surface area (Å²) in [6.07, 6.45) is 78.0. The summed E-state index contributed by atoms with van der Waals surface area (Å²) >= 11 is 0. The fourth-order valence-electron chi connectivity index (χ4n) is 10.4. The summed E-state index contributed by atoms with van der Waals surface area (Å²) in [5, 5.41) is 33.7. The van der Waals surface area contributed by atoms with Crippen molar-refractivity contribution >= 4 is 5.91 Å². The lowest BCUT2D eigenvalue weighted by atomic mass is 10.0. The molecule has 4 N–H and O–H groups in total. The third-order valence-electron chi connectivity index (χ3n) is 15.3. The summed E-state index contributed by atoms with van der Waals surface area (Å²) in [5.74, 6) is -0.276. The van der Waals surface area contributed by atoms with Crippen LogP contribution in [-0.2, 0) is 4.79 Å². The van der Waals surface area contributed by atoms with Gasteiger partial charge in [0, 0.05) is 0 Å². The van der Waals surface area contributed by atoms with Gasteiger partial charge in [-0.3, -0.25) is 4.79 Å². The topological polar surface area (TPSA) is 89.8 Å². The van der Waals surface area contributed by atoms with Crippen molar-refractivity contribution in [2.45, 2.75) is 379 Å². The molecule has 0 saturated heterocycles. The molecule has 0 fully saturated rings. The van der Waals surface area contributed by atoms with E-state index in [1.54, 1.807) is 0 Å². The van der Waals surface area contributed by atoms with Crippen LogP contribution < -0.4 is 5.32 Å². The first-order chi connectivity index (χ1) is 34.5. The molecule has 0 rings (SSSR count). The summed E-state index contributed by atoms with van der Waals surface area (Å²) in [4.78, 5) is 12.6. The third-order valence-corrected chi connectivity index (χ3v) is 15.3. The Bertz CT molecular complexity index is 1040. The summed E-state index contributed by atoms with van der Waals surface area (Å²) in [6.45, 7) is 4.31. The molecule has 0 spiro atoms. The Kier molecular flexibility index (Phi) is 59.4. The van der Waals surface area contributed by atoms with Crippen molar-refractivity contribution in [1.29, 1.82) is 0 Å². The van der Waals surface area contributed by atoms with Crippen LogP contribution in [0.15, 0.2) is 24.3 Å². The van der Waals surface area contributed by atoms with Gasteiger partial charge in [0.25, 0.3) is 0 Å². The highest BCUT2D eigenvalue weighted by molar-refractivity contribution is 5.76. The van der Waals surface area contributed by atoms with Crippen LogP contribution in [0, 0.1) is 0 Å². The minimum Gasteiger partial charge on any atom is -0.394 e. The van der Waals surface area contributed by atoms with E-state index in [1.807, 2.05) is 0 Å². The average Bonchev–Trinajstić information content (AvgIpc) is 3.36. The van der Waals surface area contributed by atoms with Gasteiger partial charge in [-0.15, -0.1) is 0 Å². The van der Waals surface area contributed by atoms with Crippen molar-refractivity contribution in [2.75, 3.05) is 6.61 Å². The molecule has 0 saturated carbocycles. The molecule has 0 heterocycles. The number of hydrogen-bond acceptors (Lipinski definition) is 4. The number of aliphatic hydroxyl groups is 3. The highest BCUT2D eigenvalue weighted by atomic mass is 16.3. The molecule has 0 aliphatic carbocycles. The molecule has 5 heteroatoms. The SMILES string of the molecule is CCCCCCCCCCCCC/C=C\C/C=C\CCCCCCCCCCCCCCCCCC(O)CC(=O)NC(CO)C(O)CCCCCCCCCCCCCCCCCCCCCCCC. The van der Waals surface area contributed by atoms with E-state index in [1.165, 1.54) is 295 Å². The second kappa shape index (κ2) is 60.4. The number of allylic oxidation sites excluding steroid dienone is 4. The van der Waals surface area contributed by atoms with Crippen LogP contribution in [0.4, 0.5) is 0 Å². The first-order valence-electron chi connectivity index (χ1n) is 32.1. The number of hydrogen-bond donors (Lipinski definition) is 4. The van der Waals surface area contributed by atoms with E-state index in [2.05, 4.69) is 43.5 Å². The standard InChI is InChI=1S/C65H127NO4/c1-3-5-7-9-11-13-15-17-19-21-23-25-27-28-29-30-31-32-33-34-35-36-37-38-40-42-44-46-48-50-52-54-56-58-62(68)60-65(70)66-63(61-67)64(69)59-57-55-53-51-49-47-45-43-41-39-26-24-22-20-18-16-14-12-10-8-6-4-2/h27-28,30-31,62-64,67-69H,3-26,29,32-61H2,1-2H3,(H,66,70)/b28-27-,31-30-. The zero-order valence-electron chi connectivity index (χ0n) is 47.7. The molecule has 0 aliphatic rings. The molecule has 0 aromatic heterocycles. The van der Waals surface area contributed by atoms with Crippen molar-refractivity contribution in [3.05, 3.63) is 24.3 Å². The normalized spacial score (nSPS) is 13.3. The average molecular weight is 987 g/mol. The van der Waals surface area contributed by atoms with E-state index >= 15 is 0 Å². The van der Waals surface area contributed by atoms with Gasteiger partial charge in [-0.25, -0.2) is 0 Å². The van der Waals surface area contributed by atoms with Gasteiger partial charge in [0.2, 0.25) is 5.91 Å². The fourth-order valence-corrected chi connectivity index (χ4v) is 10.4. The molecule has 0 aromatic carbocycles. The van der Waals surface area contributed by atoms with Gasteiger partial charge in [-0.2, -0.15) is 0 Å². The molecule has 0 aliphatic heterocycles. The summed E-state index contributed by atoms with van der Waals surface area (Å²) < 4.78 is 0. The van der Waals surface area contributed by atoms with E-state index in [0.717, 1.165) is 32.1 Å². The summed E-state index contributed by atoms with van der Waals surface area (Å²) in [7, 11) is 0. The highest BCUT2D eigenvalue weighted by Crippen LogP contribution is 2.19. The van der Waals surface area contributed by atoms with Crippen molar-refractivity contribution in [2.24, 2.45) is 0 Å². The largest absolute Gasteiger partial charge is 0.394 e. The number of aliphatic hydroxyl groups excluding tert-OH is 3. The lowest BCUT2D eigenvalue weighted by Gasteiger charge is -2.23. The second-order valence-corrected chi connectivity index (χ2v) is 22.4. The molecule has 3 atom stereocenters. The van der Waals surface area contributed by atoms with Gasteiger partial charge in [0.1, 0.15) is 0 Å². The highest BCUT2D eigenvalue weighted by Gasteiger charge is 2.21. The maximum absolute atomic E-state index is 12.6. The molecule has 1 amide bonds. The van der Waals surface area contributed by atoms with Crippen molar-refractivity contribution in [1.82, 2.24) is 5.32 Å². The van der Waals surface area contributed by atoms with Crippen LogP contribution in [0.25, 0.3) is 0 Å². The van der Waals surface area contributed by atoms with Gasteiger partial charge in [0.15, 0.2) is 0 Å². The minimum atomic E-state index is -0.749. The van der Waals surface area contributed by atoms with Crippen LogP contribution in [0.2, 0.25) is 0 Å². The van der Waals surface area contributed by atoms with E-state index in [0.29, 0.717) is 12.8 Å². The van der Waals surface area contributed by atoms with Gasteiger partial charge < -0.3 is 20.6 Å². The Morgan fingerprint density at radius 1 is 0.357 bits per heavy atom. The molecule has 70 heavy (non-hydrogen) atoms. The Labute approximate surface area is 439 Å². The summed E-state index contributed by atoms with van der Waals surface area (Å²) in [6, 6.07) is -0.658. The molecular formula is C65H127NO4. The Hall–Kier alpha value is -1.17. The Balaban J connectivity index is 3.48. The molecule has 0 bridgehead atoms. The number of amides is 1. The summed E-state index contributed by atoms with van der Waals surface area (Å²) in [5.41, 5.74) is 0. The molecule has 3 unspecified atom stereocenters. The zero-order valence-corrected chi connectivity index (χ0v) is 47.7. The van der Waals surface area contributed by atoms with Gasteiger partial charge in [0.05, 0.1) is 31.3 Å². The van der Waals surface area contributed by atoms with Crippen LogP contribution in [0.3, 0.4) is 0 Å². The maximum atomic E-state index is 12.6. The maximum Gasteiger partial charge on any atom is 0.222 e. The number of unbranched alkanes of at least 4 members (excludes halogenated alkanes) is 47. The van der Waals surface area contributed by atoms with E-state index in [4.69, 9.17) is 0 Å². The lowest BCUT2D eigenvalue weighted by Crippen LogP contribution is -2.46. The monoisotopic (exact) mass is 986 g/mol. The molecule has 0 radical (unpaired) electrons. The third kappa shape index (κ3) is 56.1. The predicted molar refractivity (Wildman–Crippen MR) is 310 cm³/mol. The second-order valence-electron chi connectivity index (χ2n) is 22.4. The van der Waals surface area contributed by atoms with Crippen LogP contribution in [-0.4, -0.2) is 46.1 Å². The Morgan fingerprint density at radius 3 is 0.900 bits per heavy atom. The number of rotatable bonds is 60. The number of carbonyl (C=O) groups is 1. The van der Waals surface area contributed by atoms with Crippen LogP contribution >= 0.6 is 0 Å². The zero-order chi connectivity index (χ0) is 50.7. The van der Waals surface area contributed by atoms with Crippen LogP contribution in [0.5, 0.6) is 0 Å². The molecule has 416 valence electrons. The van der Waals surface area contributed by atoms with E-state index < -0.39 is 18.2 Å². The molecule has 5 nitrogen and oxygen atoms in total. The van der Waals surface area contributed by atoms with Crippen molar-refractivity contribution in [3.8, 4) is 0 Å². The minimum absolute atomic E-state index is 0.0397. The first kappa shape index (κ1) is 68.8. The first-order valence-corrected chi connectivity index (χ1v) is 32.1.